The fourth-order valence-corrected chi connectivity index (χ4v) is 3.86. The van der Waals surface area contributed by atoms with Crippen LogP contribution in [0.3, 0.4) is 0 Å². The molecule has 0 fully saturated rings. The Morgan fingerprint density at radius 3 is 2.95 bits per heavy atom. The van der Waals surface area contributed by atoms with E-state index in [9.17, 15) is 0 Å². The third-order valence-electron chi connectivity index (χ3n) is 4.12. The molecule has 2 aromatic rings. The number of ether oxygens (including phenoxy) is 1. The van der Waals surface area contributed by atoms with Gasteiger partial charge in [0, 0.05) is 17.3 Å². The summed E-state index contributed by atoms with van der Waals surface area (Å²) >= 11 is 1.83. The monoisotopic (exact) mass is 301 g/mol. The van der Waals surface area contributed by atoms with Crippen molar-refractivity contribution >= 4 is 11.3 Å². The van der Waals surface area contributed by atoms with E-state index in [2.05, 4.69) is 41.0 Å². The Labute approximate surface area is 131 Å². The molecule has 0 amide bonds. The summed E-state index contributed by atoms with van der Waals surface area (Å²) in [6.07, 6.45) is 4.82. The van der Waals surface area contributed by atoms with Crippen molar-refractivity contribution in [2.45, 2.75) is 25.7 Å². The first kappa shape index (κ1) is 14.6. The Balaban J connectivity index is 1.58. The third-order valence-corrected chi connectivity index (χ3v) is 5.02. The molecule has 1 atom stereocenters. The molecule has 3 heteroatoms. The van der Waals surface area contributed by atoms with E-state index >= 15 is 0 Å². The molecule has 1 unspecified atom stereocenters. The van der Waals surface area contributed by atoms with Gasteiger partial charge in [0.25, 0.3) is 0 Å². The summed E-state index contributed by atoms with van der Waals surface area (Å²) in [7, 11) is 2.01. The lowest BCUT2D eigenvalue weighted by molar-refractivity contribution is 0.246. The Morgan fingerprint density at radius 1 is 1.24 bits per heavy atom. The number of rotatable bonds is 7. The Bertz CT molecular complexity index is 565. The van der Waals surface area contributed by atoms with Gasteiger partial charge in [0.2, 0.25) is 0 Å². The second-order valence-electron chi connectivity index (χ2n) is 5.80. The highest BCUT2D eigenvalue weighted by Gasteiger charge is 2.13. The highest BCUT2D eigenvalue weighted by molar-refractivity contribution is 7.09. The van der Waals surface area contributed by atoms with E-state index in [1.54, 1.807) is 0 Å². The molecule has 0 spiro atoms. The number of aryl methyl sites for hydroxylation is 2. The smallest absolute Gasteiger partial charge is 0.119 e. The summed E-state index contributed by atoms with van der Waals surface area (Å²) in [5.41, 5.74) is 2.99. The van der Waals surface area contributed by atoms with Crippen LogP contribution in [0.1, 0.15) is 22.4 Å². The maximum absolute atomic E-state index is 6.06. The van der Waals surface area contributed by atoms with Crippen molar-refractivity contribution in [2.75, 3.05) is 20.2 Å². The van der Waals surface area contributed by atoms with Crippen molar-refractivity contribution in [2.24, 2.45) is 5.92 Å². The van der Waals surface area contributed by atoms with Gasteiger partial charge in [0.15, 0.2) is 0 Å². The molecule has 0 bridgehead atoms. The first-order chi connectivity index (χ1) is 10.3. The summed E-state index contributed by atoms with van der Waals surface area (Å²) in [6, 6.07) is 10.9. The van der Waals surface area contributed by atoms with E-state index < -0.39 is 0 Å². The predicted octanol–water partition coefficient (Wildman–Crippen LogP) is 3.69. The molecule has 21 heavy (non-hydrogen) atoms. The predicted molar refractivity (Wildman–Crippen MR) is 89.4 cm³/mol. The minimum Gasteiger partial charge on any atom is -0.493 e. The van der Waals surface area contributed by atoms with Gasteiger partial charge in [-0.15, -0.1) is 11.3 Å². The average Bonchev–Trinajstić information content (AvgIpc) is 3.15. The van der Waals surface area contributed by atoms with Gasteiger partial charge in [-0.3, -0.25) is 0 Å². The number of nitrogens with one attached hydrogen (secondary N) is 1. The molecule has 0 radical (unpaired) electrons. The normalized spacial score (nSPS) is 14.9. The van der Waals surface area contributed by atoms with Crippen LogP contribution in [0, 0.1) is 5.92 Å². The number of hydrogen-bond donors (Lipinski definition) is 1. The molecule has 1 heterocycles. The zero-order valence-electron chi connectivity index (χ0n) is 12.6. The SMILES string of the molecule is CNCC(COc1ccc2c(c1)CCC2)Cc1cccs1. The van der Waals surface area contributed by atoms with Crippen molar-refractivity contribution in [1.82, 2.24) is 5.32 Å². The maximum Gasteiger partial charge on any atom is 0.119 e. The first-order valence-corrected chi connectivity index (χ1v) is 8.64. The van der Waals surface area contributed by atoms with Crippen molar-refractivity contribution in [3.63, 3.8) is 0 Å². The summed E-state index contributed by atoms with van der Waals surface area (Å²) in [5, 5.41) is 5.43. The van der Waals surface area contributed by atoms with Gasteiger partial charge in [-0.05, 0) is 67.4 Å². The van der Waals surface area contributed by atoms with E-state index in [0.29, 0.717) is 5.92 Å². The molecule has 1 aromatic carbocycles. The van der Waals surface area contributed by atoms with Crippen LogP contribution in [-0.2, 0) is 19.3 Å². The summed E-state index contributed by atoms with van der Waals surface area (Å²) in [5.74, 6) is 1.55. The molecule has 1 aliphatic carbocycles. The van der Waals surface area contributed by atoms with Crippen LogP contribution in [0.5, 0.6) is 5.75 Å². The number of thiophene rings is 1. The molecule has 0 saturated heterocycles. The van der Waals surface area contributed by atoms with Crippen molar-refractivity contribution < 1.29 is 4.74 Å². The van der Waals surface area contributed by atoms with Crippen LogP contribution in [0.4, 0.5) is 0 Å². The van der Waals surface area contributed by atoms with E-state index in [4.69, 9.17) is 4.74 Å². The molecule has 1 aromatic heterocycles. The lowest BCUT2D eigenvalue weighted by atomic mass is 10.1. The molecule has 1 N–H and O–H groups in total. The average molecular weight is 301 g/mol. The minimum atomic E-state index is 0.516. The van der Waals surface area contributed by atoms with Crippen LogP contribution in [0.25, 0.3) is 0 Å². The largest absolute Gasteiger partial charge is 0.493 e. The van der Waals surface area contributed by atoms with Gasteiger partial charge >= 0.3 is 0 Å². The maximum atomic E-state index is 6.06. The van der Waals surface area contributed by atoms with Crippen LogP contribution < -0.4 is 10.1 Å². The zero-order chi connectivity index (χ0) is 14.5. The summed E-state index contributed by atoms with van der Waals surface area (Å²) in [4.78, 5) is 1.44. The van der Waals surface area contributed by atoms with Gasteiger partial charge in [-0.1, -0.05) is 12.1 Å². The van der Waals surface area contributed by atoms with Crippen molar-refractivity contribution in [3.05, 3.63) is 51.7 Å². The molecule has 3 rings (SSSR count). The fraction of sp³-hybridized carbons (Fsp3) is 0.444. The van der Waals surface area contributed by atoms with Crippen molar-refractivity contribution in [1.29, 1.82) is 0 Å². The third kappa shape index (κ3) is 3.86. The van der Waals surface area contributed by atoms with E-state index in [1.165, 1.54) is 35.3 Å². The number of benzene rings is 1. The lowest BCUT2D eigenvalue weighted by Crippen LogP contribution is -2.26. The molecule has 2 nitrogen and oxygen atoms in total. The second kappa shape index (κ2) is 7.10. The van der Waals surface area contributed by atoms with E-state index in [1.807, 2.05) is 18.4 Å². The molecular weight excluding hydrogens is 278 g/mol. The van der Waals surface area contributed by atoms with Crippen LogP contribution in [-0.4, -0.2) is 20.2 Å². The van der Waals surface area contributed by atoms with Gasteiger partial charge in [-0.2, -0.15) is 0 Å². The fourth-order valence-electron chi connectivity index (χ4n) is 3.04. The molecule has 0 saturated carbocycles. The van der Waals surface area contributed by atoms with Crippen LogP contribution >= 0.6 is 11.3 Å². The summed E-state index contributed by atoms with van der Waals surface area (Å²) < 4.78 is 6.06. The Hall–Kier alpha value is -1.32. The standard InChI is InChI=1S/C18H23NOS/c1-19-12-14(10-18-6-3-9-21-18)13-20-17-8-7-15-4-2-5-16(15)11-17/h3,6-9,11,14,19H,2,4-5,10,12-13H2,1H3. The number of hydrogen-bond acceptors (Lipinski definition) is 3. The van der Waals surface area contributed by atoms with Crippen LogP contribution in [0.2, 0.25) is 0 Å². The molecule has 0 aliphatic heterocycles. The van der Waals surface area contributed by atoms with Gasteiger partial charge < -0.3 is 10.1 Å². The molecular formula is C18H23NOS. The first-order valence-electron chi connectivity index (χ1n) is 7.76. The Kier molecular flexibility index (Phi) is 4.94. The van der Waals surface area contributed by atoms with Crippen LogP contribution in [0.15, 0.2) is 35.7 Å². The Morgan fingerprint density at radius 2 is 2.14 bits per heavy atom. The van der Waals surface area contributed by atoms with Gasteiger partial charge in [-0.25, -0.2) is 0 Å². The molecule has 112 valence electrons. The minimum absolute atomic E-state index is 0.516. The number of fused-ring (bicyclic) bond motifs is 1. The van der Waals surface area contributed by atoms with Gasteiger partial charge in [0.05, 0.1) is 6.61 Å². The van der Waals surface area contributed by atoms with E-state index in [-0.39, 0.29) is 0 Å². The van der Waals surface area contributed by atoms with Gasteiger partial charge in [0.1, 0.15) is 5.75 Å². The highest BCUT2D eigenvalue weighted by Crippen LogP contribution is 2.26. The second-order valence-corrected chi connectivity index (χ2v) is 6.83. The quantitative estimate of drug-likeness (QED) is 0.842. The lowest BCUT2D eigenvalue weighted by Gasteiger charge is -2.17. The highest BCUT2D eigenvalue weighted by atomic mass is 32.1. The van der Waals surface area contributed by atoms with Crippen molar-refractivity contribution in [3.8, 4) is 5.75 Å². The summed E-state index contributed by atoms with van der Waals surface area (Å²) in [6.45, 7) is 1.76. The molecule has 1 aliphatic rings. The zero-order valence-corrected chi connectivity index (χ0v) is 13.4. The topological polar surface area (TPSA) is 21.3 Å². The van der Waals surface area contributed by atoms with E-state index in [0.717, 1.165) is 25.3 Å².